The van der Waals surface area contributed by atoms with Crippen molar-refractivity contribution in [3.05, 3.63) is 251 Å². The zero-order chi connectivity index (χ0) is 36.2. The summed E-state index contributed by atoms with van der Waals surface area (Å²) in [5, 5.41) is 12.3. The second kappa shape index (κ2) is 17.3. The Bertz CT molecular complexity index is 1880. The number of hydrogen-bond acceptors (Lipinski definition) is 4. The van der Waals surface area contributed by atoms with E-state index in [9.17, 15) is 5.11 Å². The molecule has 0 aliphatic carbocycles. The lowest BCUT2D eigenvalue weighted by Gasteiger charge is -2.39. The van der Waals surface area contributed by atoms with Gasteiger partial charge in [-0.3, -0.25) is 0 Å². The van der Waals surface area contributed by atoms with E-state index < -0.39 is 23.4 Å². The summed E-state index contributed by atoms with van der Waals surface area (Å²) in [4.78, 5) is 0. The Morgan fingerprint density at radius 3 is 0.925 bits per heavy atom. The van der Waals surface area contributed by atoms with Gasteiger partial charge in [0.25, 0.3) is 0 Å². The molecule has 0 unspecified atom stereocenters. The van der Waals surface area contributed by atoms with E-state index in [1.54, 1.807) is 0 Å². The Balaban J connectivity index is 1.27. The Labute approximate surface area is 312 Å². The van der Waals surface area contributed by atoms with Gasteiger partial charge < -0.3 is 19.3 Å². The molecular weight excluding hydrogens is 653 g/mol. The van der Waals surface area contributed by atoms with Crippen molar-refractivity contribution in [2.75, 3.05) is 13.2 Å². The predicted molar refractivity (Wildman–Crippen MR) is 211 cm³/mol. The second-order valence-electron chi connectivity index (χ2n) is 13.1. The summed E-state index contributed by atoms with van der Waals surface area (Å²) in [6, 6.07) is 71.3. The van der Waals surface area contributed by atoms with Gasteiger partial charge in [0.1, 0.15) is 23.4 Å². The smallest absolute Gasteiger partial charge is 0.143 e. The standard InChI is InChI=1S/C49H44O4/c50-46(37-52-48(40-24-10-2-11-25-40,41-26-12-3-13-27-41)42-28-14-4-15-29-42)47(51-36-39-22-8-1-9-23-39)38-53-49(43-30-16-5-17-31-43,44-32-18-6-19-33-44)45-34-20-7-21-35-45/h1-35,46-47,50H,36-38H2/t46-,47-/m0/s1. The zero-order valence-electron chi connectivity index (χ0n) is 29.7. The Morgan fingerprint density at radius 2 is 0.623 bits per heavy atom. The molecule has 0 bridgehead atoms. The van der Waals surface area contributed by atoms with Gasteiger partial charge in [0.15, 0.2) is 0 Å². The Kier molecular flexibility index (Phi) is 11.7. The maximum absolute atomic E-state index is 12.3. The monoisotopic (exact) mass is 696 g/mol. The highest BCUT2D eigenvalue weighted by Crippen LogP contribution is 2.42. The molecule has 0 aliphatic rings. The highest BCUT2D eigenvalue weighted by molar-refractivity contribution is 5.49. The highest BCUT2D eigenvalue weighted by Gasteiger charge is 2.41. The van der Waals surface area contributed by atoms with Crippen molar-refractivity contribution in [2.24, 2.45) is 0 Å². The molecule has 53 heavy (non-hydrogen) atoms. The van der Waals surface area contributed by atoms with Crippen molar-refractivity contribution in [2.45, 2.75) is 30.0 Å². The minimum Gasteiger partial charge on any atom is -0.388 e. The Hall–Kier alpha value is -5.62. The van der Waals surface area contributed by atoms with Gasteiger partial charge in [-0.25, -0.2) is 0 Å². The summed E-state index contributed by atoms with van der Waals surface area (Å²) < 4.78 is 20.9. The van der Waals surface area contributed by atoms with Crippen LogP contribution in [0.3, 0.4) is 0 Å². The lowest BCUT2D eigenvalue weighted by Crippen LogP contribution is -2.44. The molecule has 7 aromatic rings. The first kappa shape index (κ1) is 35.8. The maximum atomic E-state index is 12.3. The van der Waals surface area contributed by atoms with E-state index in [4.69, 9.17) is 14.2 Å². The van der Waals surface area contributed by atoms with Crippen LogP contribution in [0.4, 0.5) is 0 Å². The summed E-state index contributed by atoms with van der Waals surface area (Å²) in [5.74, 6) is 0. The first-order chi connectivity index (χ1) is 26.2. The van der Waals surface area contributed by atoms with Crippen LogP contribution in [0.1, 0.15) is 38.9 Å². The molecular formula is C49H44O4. The van der Waals surface area contributed by atoms with Crippen LogP contribution in [0.2, 0.25) is 0 Å². The first-order valence-electron chi connectivity index (χ1n) is 18.1. The third-order valence-electron chi connectivity index (χ3n) is 9.75. The van der Waals surface area contributed by atoms with Crippen molar-refractivity contribution in [1.82, 2.24) is 0 Å². The van der Waals surface area contributed by atoms with Crippen LogP contribution in [0.5, 0.6) is 0 Å². The fraction of sp³-hybridized carbons (Fsp3) is 0.143. The van der Waals surface area contributed by atoms with Crippen LogP contribution in [-0.4, -0.2) is 30.5 Å². The average Bonchev–Trinajstić information content (AvgIpc) is 3.25. The normalized spacial score (nSPS) is 12.9. The molecule has 264 valence electrons. The van der Waals surface area contributed by atoms with Gasteiger partial charge >= 0.3 is 0 Å². The number of benzene rings is 7. The van der Waals surface area contributed by atoms with E-state index in [2.05, 4.69) is 72.8 Å². The summed E-state index contributed by atoms with van der Waals surface area (Å²) in [7, 11) is 0. The fourth-order valence-corrected chi connectivity index (χ4v) is 7.11. The summed E-state index contributed by atoms with van der Waals surface area (Å²) in [5.41, 5.74) is 4.80. The van der Waals surface area contributed by atoms with Crippen LogP contribution in [0.15, 0.2) is 212 Å². The summed E-state index contributed by atoms with van der Waals surface area (Å²) in [6.07, 6.45) is -1.82. The maximum Gasteiger partial charge on any atom is 0.143 e. The molecule has 7 aromatic carbocycles. The molecule has 4 nitrogen and oxygen atoms in total. The van der Waals surface area contributed by atoms with Crippen LogP contribution >= 0.6 is 0 Å². The SMILES string of the molecule is O[C@@H](COC(c1ccccc1)(c1ccccc1)c1ccccc1)[C@H](COC(c1ccccc1)(c1ccccc1)c1ccccc1)OCc1ccccc1. The van der Waals surface area contributed by atoms with E-state index in [0.29, 0.717) is 6.61 Å². The van der Waals surface area contributed by atoms with E-state index in [-0.39, 0.29) is 13.2 Å². The van der Waals surface area contributed by atoms with Crippen molar-refractivity contribution in [3.63, 3.8) is 0 Å². The zero-order valence-corrected chi connectivity index (χ0v) is 29.7. The predicted octanol–water partition coefficient (Wildman–Crippen LogP) is 9.95. The molecule has 0 spiro atoms. The van der Waals surface area contributed by atoms with Crippen LogP contribution in [-0.2, 0) is 32.0 Å². The largest absolute Gasteiger partial charge is 0.388 e. The van der Waals surface area contributed by atoms with E-state index in [1.165, 1.54) is 0 Å². The van der Waals surface area contributed by atoms with Crippen molar-refractivity contribution in [3.8, 4) is 0 Å². The fourth-order valence-electron chi connectivity index (χ4n) is 7.11. The van der Waals surface area contributed by atoms with Crippen molar-refractivity contribution >= 4 is 0 Å². The van der Waals surface area contributed by atoms with Gasteiger partial charge in [0.2, 0.25) is 0 Å². The molecule has 0 aromatic heterocycles. The van der Waals surface area contributed by atoms with E-state index in [0.717, 1.165) is 38.9 Å². The number of rotatable bonds is 16. The van der Waals surface area contributed by atoms with Crippen LogP contribution < -0.4 is 0 Å². The third kappa shape index (κ3) is 7.92. The van der Waals surface area contributed by atoms with Crippen LogP contribution in [0.25, 0.3) is 0 Å². The van der Waals surface area contributed by atoms with Crippen LogP contribution in [0, 0.1) is 0 Å². The van der Waals surface area contributed by atoms with Gasteiger partial charge in [-0.2, -0.15) is 0 Å². The molecule has 4 heteroatoms. The second-order valence-corrected chi connectivity index (χ2v) is 13.1. The molecule has 0 amide bonds. The third-order valence-corrected chi connectivity index (χ3v) is 9.75. The molecule has 0 radical (unpaired) electrons. The van der Waals surface area contributed by atoms with E-state index in [1.807, 2.05) is 140 Å². The molecule has 0 saturated heterocycles. The quantitative estimate of drug-likeness (QED) is 0.102. The molecule has 0 heterocycles. The summed E-state index contributed by atoms with van der Waals surface area (Å²) >= 11 is 0. The molecule has 0 aliphatic heterocycles. The van der Waals surface area contributed by atoms with Crippen molar-refractivity contribution in [1.29, 1.82) is 0 Å². The molecule has 1 N–H and O–H groups in total. The lowest BCUT2D eigenvalue weighted by atomic mass is 9.80. The number of ether oxygens (including phenoxy) is 3. The first-order valence-corrected chi connectivity index (χ1v) is 18.1. The lowest BCUT2D eigenvalue weighted by molar-refractivity contribution is -0.139. The molecule has 0 saturated carbocycles. The molecule has 2 atom stereocenters. The minimum atomic E-state index is -1.06. The van der Waals surface area contributed by atoms with Crippen molar-refractivity contribution < 1.29 is 19.3 Å². The van der Waals surface area contributed by atoms with Gasteiger partial charge in [-0.05, 0) is 38.9 Å². The molecule has 0 fully saturated rings. The molecule has 7 rings (SSSR count). The van der Waals surface area contributed by atoms with Gasteiger partial charge in [-0.1, -0.05) is 212 Å². The average molecular weight is 697 g/mol. The van der Waals surface area contributed by atoms with Gasteiger partial charge in [0, 0.05) is 0 Å². The Morgan fingerprint density at radius 1 is 0.358 bits per heavy atom. The van der Waals surface area contributed by atoms with E-state index >= 15 is 0 Å². The highest BCUT2D eigenvalue weighted by atomic mass is 16.6. The van der Waals surface area contributed by atoms with Gasteiger partial charge in [0.05, 0.1) is 19.8 Å². The minimum absolute atomic E-state index is 0.0312. The number of aliphatic hydroxyl groups excluding tert-OH is 1. The topological polar surface area (TPSA) is 47.9 Å². The summed E-state index contributed by atoms with van der Waals surface area (Å²) in [6.45, 7) is 0.337. The number of aliphatic hydroxyl groups is 1. The number of hydrogen-bond donors (Lipinski definition) is 1. The van der Waals surface area contributed by atoms with Gasteiger partial charge in [-0.15, -0.1) is 0 Å².